The Morgan fingerprint density at radius 2 is 1.88 bits per heavy atom. The minimum Gasteiger partial charge on any atom is -0.343 e. The first-order valence-electron chi connectivity index (χ1n) is 6.50. The number of rotatable bonds is 4. The van der Waals surface area contributed by atoms with Crippen molar-refractivity contribution in [3.05, 3.63) is 0 Å². The summed E-state index contributed by atoms with van der Waals surface area (Å²) >= 11 is 0. The van der Waals surface area contributed by atoms with Crippen LogP contribution in [-0.4, -0.2) is 36.0 Å². The van der Waals surface area contributed by atoms with Gasteiger partial charge in [0, 0.05) is 32.1 Å². The summed E-state index contributed by atoms with van der Waals surface area (Å²) in [7, 11) is 0. The van der Waals surface area contributed by atoms with E-state index in [1.165, 1.54) is 6.42 Å². The van der Waals surface area contributed by atoms with Gasteiger partial charge in [-0.3, -0.25) is 4.79 Å². The quantitative estimate of drug-likeness (QED) is 0.795. The molecule has 94 valence electrons. The molecule has 1 fully saturated rings. The lowest BCUT2D eigenvalue weighted by molar-refractivity contribution is -0.129. The second-order valence-corrected chi connectivity index (χ2v) is 5.48. The van der Waals surface area contributed by atoms with Crippen molar-refractivity contribution in [1.82, 2.24) is 10.2 Å². The van der Waals surface area contributed by atoms with E-state index in [4.69, 9.17) is 0 Å². The van der Waals surface area contributed by atoms with Crippen molar-refractivity contribution in [2.45, 2.75) is 59.0 Å². The van der Waals surface area contributed by atoms with E-state index >= 15 is 0 Å². The molecule has 1 rings (SSSR count). The van der Waals surface area contributed by atoms with Crippen molar-refractivity contribution in [3.8, 4) is 0 Å². The van der Waals surface area contributed by atoms with Crippen LogP contribution in [0.2, 0.25) is 0 Å². The fraction of sp³-hybridized carbons (Fsp3) is 0.923. The third kappa shape index (κ3) is 4.52. The van der Waals surface area contributed by atoms with Crippen LogP contribution in [0.5, 0.6) is 0 Å². The van der Waals surface area contributed by atoms with Crippen LogP contribution in [0.4, 0.5) is 0 Å². The predicted octanol–water partition coefficient (Wildman–Crippen LogP) is 2.02. The molecule has 0 saturated carbocycles. The fourth-order valence-corrected chi connectivity index (χ4v) is 2.54. The molecule has 0 spiro atoms. The molecule has 3 heteroatoms. The summed E-state index contributed by atoms with van der Waals surface area (Å²) < 4.78 is 0. The Hall–Kier alpha value is -0.570. The number of nitrogens with one attached hydrogen (secondary N) is 1. The molecule has 0 bridgehead atoms. The van der Waals surface area contributed by atoms with Crippen molar-refractivity contribution >= 4 is 5.91 Å². The Kier molecular flexibility index (Phi) is 5.26. The number of likely N-dealkylation sites (tertiary alicyclic amines) is 1. The molecule has 3 nitrogen and oxygen atoms in total. The van der Waals surface area contributed by atoms with Gasteiger partial charge in [0.25, 0.3) is 0 Å². The van der Waals surface area contributed by atoms with Crippen LogP contribution in [0.3, 0.4) is 0 Å². The van der Waals surface area contributed by atoms with Crippen LogP contribution in [-0.2, 0) is 4.79 Å². The molecular weight excluding hydrogens is 200 g/mol. The Bertz CT molecular complexity index is 220. The zero-order chi connectivity index (χ0) is 12.1. The zero-order valence-corrected chi connectivity index (χ0v) is 11.1. The monoisotopic (exact) mass is 226 g/mol. The molecule has 1 aliphatic heterocycles. The lowest BCUT2D eigenvalue weighted by atomic mass is 10.0. The van der Waals surface area contributed by atoms with Gasteiger partial charge in [-0.05, 0) is 32.1 Å². The van der Waals surface area contributed by atoms with Crippen LogP contribution in [0, 0.1) is 5.92 Å². The molecule has 0 aliphatic carbocycles. The first kappa shape index (κ1) is 13.5. The number of nitrogens with zero attached hydrogens (tertiary/aromatic N) is 1. The Morgan fingerprint density at radius 1 is 1.31 bits per heavy atom. The van der Waals surface area contributed by atoms with Crippen LogP contribution in [0.25, 0.3) is 0 Å². The van der Waals surface area contributed by atoms with Gasteiger partial charge in [-0.1, -0.05) is 13.8 Å². The molecule has 1 heterocycles. The van der Waals surface area contributed by atoms with Gasteiger partial charge >= 0.3 is 0 Å². The number of carbonyl (C=O) groups excluding carboxylic acids is 1. The van der Waals surface area contributed by atoms with Gasteiger partial charge in [-0.15, -0.1) is 0 Å². The van der Waals surface area contributed by atoms with Gasteiger partial charge in [-0.2, -0.15) is 0 Å². The smallest absolute Gasteiger partial charge is 0.219 e. The van der Waals surface area contributed by atoms with Gasteiger partial charge < -0.3 is 10.2 Å². The highest BCUT2D eigenvalue weighted by atomic mass is 16.2. The predicted molar refractivity (Wildman–Crippen MR) is 67.3 cm³/mol. The van der Waals surface area contributed by atoms with E-state index in [1.807, 2.05) is 4.90 Å². The van der Waals surface area contributed by atoms with E-state index in [1.54, 1.807) is 6.92 Å². The van der Waals surface area contributed by atoms with Crippen molar-refractivity contribution in [2.75, 3.05) is 13.1 Å². The second kappa shape index (κ2) is 6.24. The molecule has 1 saturated heterocycles. The number of amides is 1. The maximum Gasteiger partial charge on any atom is 0.219 e. The molecule has 1 amide bonds. The van der Waals surface area contributed by atoms with E-state index in [9.17, 15) is 4.79 Å². The van der Waals surface area contributed by atoms with Crippen molar-refractivity contribution in [1.29, 1.82) is 0 Å². The standard InChI is InChI=1S/C13H26N2O/c1-10(2)9-11(3)14-13-5-7-15(8-6-13)12(4)16/h10-11,13-14H,5-9H2,1-4H3. The Balaban J connectivity index is 2.24. The van der Waals surface area contributed by atoms with Crippen molar-refractivity contribution in [3.63, 3.8) is 0 Å². The molecule has 1 aliphatic rings. The Labute approximate surface area is 99.6 Å². The summed E-state index contributed by atoms with van der Waals surface area (Å²) in [6.07, 6.45) is 3.43. The number of hydrogen-bond donors (Lipinski definition) is 1. The first-order chi connectivity index (χ1) is 7.49. The van der Waals surface area contributed by atoms with Crippen molar-refractivity contribution in [2.24, 2.45) is 5.92 Å². The minimum absolute atomic E-state index is 0.216. The number of carbonyl (C=O) groups is 1. The van der Waals surface area contributed by atoms with Gasteiger partial charge in [-0.25, -0.2) is 0 Å². The van der Waals surface area contributed by atoms with Crippen LogP contribution >= 0.6 is 0 Å². The lowest BCUT2D eigenvalue weighted by Gasteiger charge is -2.33. The Morgan fingerprint density at radius 3 is 2.31 bits per heavy atom. The summed E-state index contributed by atoms with van der Waals surface area (Å²) in [6, 6.07) is 1.19. The van der Waals surface area contributed by atoms with Gasteiger partial charge in [0.1, 0.15) is 0 Å². The molecule has 0 aromatic carbocycles. The normalized spacial score (nSPS) is 20.2. The average molecular weight is 226 g/mol. The maximum absolute atomic E-state index is 11.2. The van der Waals surface area contributed by atoms with Crippen LogP contribution in [0.1, 0.15) is 47.0 Å². The first-order valence-corrected chi connectivity index (χ1v) is 6.50. The largest absolute Gasteiger partial charge is 0.343 e. The van der Waals surface area contributed by atoms with Gasteiger partial charge in [0.05, 0.1) is 0 Å². The highest BCUT2D eigenvalue weighted by Crippen LogP contribution is 2.13. The zero-order valence-electron chi connectivity index (χ0n) is 11.1. The van der Waals surface area contributed by atoms with Crippen LogP contribution in [0.15, 0.2) is 0 Å². The lowest BCUT2D eigenvalue weighted by Crippen LogP contribution is -2.46. The summed E-state index contributed by atoms with van der Waals surface area (Å²) in [5, 5.41) is 3.67. The minimum atomic E-state index is 0.216. The van der Waals surface area contributed by atoms with Gasteiger partial charge in [0.15, 0.2) is 0 Å². The molecule has 16 heavy (non-hydrogen) atoms. The summed E-state index contributed by atoms with van der Waals surface area (Å²) in [4.78, 5) is 13.1. The molecule has 1 unspecified atom stereocenters. The van der Waals surface area contributed by atoms with E-state index < -0.39 is 0 Å². The molecule has 0 radical (unpaired) electrons. The topological polar surface area (TPSA) is 32.3 Å². The molecule has 1 atom stereocenters. The van der Waals surface area contributed by atoms with Crippen LogP contribution < -0.4 is 5.32 Å². The molecule has 1 N–H and O–H groups in total. The highest BCUT2D eigenvalue weighted by Gasteiger charge is 2.21. The van der Waals surface area contributed by atoms with E-state index in [0.717, 1.165) is 31.8 Å². The average Bonchev–Trinajstić information content (AvgIpc) is 2.16. The summed E-state index contributed by atoms with van der Waals surface area (Å²) in [6.45, 7) is 10.3. The van der Waals surface area contributed by atoms with Crippen molar-refractivity contribution < 1.29 is 4.79 Å². The summed E-state index contributed by atoms with van der Waals surface area (Å²) in [5.41, 5.74) is 0. The second-order valence-electron chi connectivity index (χ2n) is 5.48. The third-order valence-corrected chi connectivity index (χ3v) is 3.29. The SMILES string of the molecule is CC(=O)N1CCC(NC(C)CC(C)C)CC1. The number of hydrogen-bond acceptors (Lipinski definition) is 2. The molecular formula is C13H26N2O. The van der Waals surface area contributed by atoms with E-state index in [2.05, 4.69) is 26.1 Å². The highest BCUT2D eigenvalue weighted by molar-refractivity contribution is 5.73. The third-order valence-electron chi connectivity index (χ3n) is 3.29. The molecule has 0 aromatic heterocycles. The van der Waals surface area contributed by atoms with E-state index in [0.29, 0.717) is 12.1 Å². The molecule has 0 aromatic rings. The fourth-order valence-electron chi connectivity index (χ4n) is 2.54. The van der Waals surface area contributed by atoms with Gasteiger partial charge in [0.2, 0.25) is 5.91 Å². The van der Waals surface area contributed by atoms with E-state index in [-0.39, 0.29) is 5.91 Å². The number of piperidine rings is 1. The maximum atomic E-state index is 11.2. The summed E-state index contributed by atoms with van der Waals surface area (Å²) in [5.74, 6) is 0.966.